The van der Waals surface area contributed by atoms with Gasteiger partial charge in [-0.05, 0) is 0 Å². The van der Waals surface area contributed by atoms with Gasteiger partial charge in [0.2, 0.25) is 5.91 Å². The number of aliphatic hydroxyl groups is 5. The van der Waals surface area contributed by atoms with E-state index in [4.69, 9.17) is 25.1 Å². The molecule has 1 aromatic rings. The first-order valence-corrected chi connectivity index (χ1v) is 9.14. The summed E-state index contributed by atoms with van der Waals surface area (Å²) in [5.74, 6) is -3.02. The van der Waals surface area contributed by atoms with Crippen LogP contribution in [-0.2, 0) is 23.8 Å². The minimum atomic E-state index is -2.05. The summed E-state index contributed by atoms with van der Waals surface area (Å²) < 4.78 is 16.2. The first-order chi connectivity index (χ1) is 14.9. The number of H-pyrrole nitrogens is 1. The number of primary amides is 1. The number of aromatic nitrogens is 2. The van der Waals surface area contributed by atoms with Gasteiger partial charge in [0.05, 0.1) is 0 Å². The molecule has 10 atom stereocenters. The van der Waals surface area contributed by atoms with Crippen LogP contribution in [0.4, 0.5) is 0 Å². The number of carbonyl (C=O) groups is 2. The molecule has 2 aliphatic heterocycles. The van der Waals surface area contributed by atoms with E-state index in [1.807, 2.05) is 4.98 Å². The molecule has 1 amide bonds. The van der Waals surface area contributed by atoms with Crippen molar-refractivity contribution in [1.82, 2.24) is 9.55 Å². The van der Waals surface area contributed by atoms with Gasteiger partial charge in [0, 0.05) is 12.3 Å². The van der Waals surface area contributed by atoms with E-state index in [2.05, 4.69) is 0 Å². The third-order valence-corrected chi connectivity index (χ3v) is 5.07. The van der Waals surface area contributed by atoms with Crippen molar-refractivity contribution in [3.8, 4) is 0 Å². The van der Waals surface area contributed by atoms with Crippen LogP contribution in [0, 0.1) is 0 Å². The van der Waals surface area contributed by atoms with E-state index in [9.17, 15) is 44.7 Å². The number of amides is 1. The number of aromatic amines is 1. The molecule has 0 saturated carbocycles. The Morgan fingerprint density at radius 1 is 1.03 bits per heavy atom. The Morgan fingerprint density at radius 2 is 1.69 bits per heavy atom. The summed E-state index contributed by atoms with van der Waals surface area (Å²) in [4.78, 5) is 48.3. The molecule has 32 heavy (non-hydrogen) atoms. The summed E-state index contributed by atoms with van der Waals surface area (Å²) in [6, 6.07) is 0.935. The van der Waals surface area contributed by atoms with Gasteiger partial charge in [-0.25, -0.2) is 9.59 Å². The van der Waals surface area contributed by atoms with Gasteiger partial charge in [0.25, 0.3) is 5.56 Å². The average Bonchev–Trinajstić information content (AvgIpc) is 3.00. The summed E-state index contributed by atoms with van der Waals surface area (Å²) in [6.45, 7) is 0. The quantitative estimate of drug-likeness (QED) is 0.195. The Labute approximate surface area is 177 Å². The van der Waals surface area contributed by atoms with Gasteiger partial charge in [-0.1, -0.05) is 0 Å². The molecule has 0 radical (unpaired) electrons. The van der Waals surface area contributed by atoms with Crippen LogP contribution in [0.3, 0.4) is 0 Å². The van der Waals surface area contributed by atoms with Crippen LogP contribution in [0.1, 0.15) is 6.23 Å². The van der Waals surface area contributed by atoms with Crippen LogP contribution in [0.2, 0.25) is 0 Å². The lowest BCUT2D eigenvalue weighted by atomic mass is 9.98. The minimum Gasteiger partial charge on any atom is -0.479 e. The van der Waals surface area contributed by atoms with Gasteiger partial charge in [-0.15, -0.1) is 0 Å². The summed E-state index contributed by atoms with van der Waals surface area (Å²) in [7, 11) is 0. The molecule has 0 spiro atoms. The number of nitrogens with two attached hydrogens (primary N) is 1. The van der Waals surface area contributed by atoms with E-state index in [0.29, 0.717) is 0 Å². The predicted octanol–water partition coefficient (Wildman–Crippen LogP) is -6.08. The number of nitrogens with zero attached hydrogens (tertiary/aromatic N) is 1. The van der Waals surface area contributed by atoms with Crippen LogP contribution in [0.15, 0.2) is 21.9 Å². The molecule has 16 heteroatoms. The molecular formula is C16H21N3O13. The Hall–Kier alpha value is -2.70. The normalized spacial score (nSPS) is 38.3. The largest absolute Gasteiger partial charge is 0.479 e. The summed E-state index contributed by atoms with van der Waals surface area (Å²) in [5, 5.41) is 59.4. The molecule has 16 nitrogen and oxygen atoms in total. The fourth-order valence-electron chi connectivity index (χ4n) is 3.41. The number of nitrogens with one attached hydrogen (secondary N) is 1. The van der Waals surface area contributed by atoms with E-state index >= 15 is 0 Å². The Balaban J connectivity index is 1.85. The lowest BCUT2D eigenvalue weighted by molar-refractivity contribution is -0.309. The molecule has 178 valence electrons. The number of aliphatic carboxylic acids is 1. The smallest absolute Gasteiger partial charge is 0.335 e. The van der Waals surface area contributed by atoms with Crippen molar-refractivity contribution in [2.45, 2.75) is 61.3 Å². The number of carboxylic acid groups (broad SMARTS) is 1. The monoisotopic (exact) mass is 463 g/mol. The van der Waals surface area contributed by atoms with Crippen LogP contribution in [-0.4, -0.2) is 107 Å². The van der Waals surface area contributed by atoms with Crippen molar-refractivity contribution in [2.75, 3.05) is 0 Å². The molecule has 2 aliphatic rings. The third kappa shape index (κ3) is 4.30. The number of hydrogen-bond donors (Lipinski definition) is 8. The Kier molecular flexibility index (Phi) is 6.77. The van der Waals surface area contributed by atoms with Gasteiger partial charge in [0.1, 0.15) is 36.6 Å². The number of carbonyl (C=O) groups excluding carboxylic acids is 1. The second-order valence-electron chi connectivity index (χ2n) is 7.18. The number of hydrogen-bond acceptors (Lipinski definition) is 12. The molecular weight excluding hydrogens is 442 g/mol. The fourth-order valence-corrected chi connectivity index (χ4v) is 3.41. The maximum absolute atomic E-state index is 12.0. The highest BCUT2D eigenvalue weighted by Gasteiger charge is 2.53. The number of rotatable bonds is 6. The van der Waals surface area contributed by atoms with Crippen molar-refractivity contribution in [3.63, 3.8) is 0 Å². The molecule has 3 rings (SSSR count). The Bertz CT molecular complexity index is 978. The molecule has 3 heterocycles. The number of carboxylic acids is 1. The van der Waals surface area contributed by atoms with Crippen molar-refractivity contribution < 1.29 is 54.4 Å². The lowest BCUT2D eigenvalue weighted by Gasteiger charge is -2.40. The van der Waals surface area contributed by atoms with Crippen LogP contribution in [0.5, 0.6) is 0 Å². The first-order valence-electron chi connectivity index (χ1n) is 9.14. The van der Waals surface area contributed by atoms with Gasteiger partial charge in [0.15, 0.2) is 24.7 Å². The number of aliphatic hydroxyl groups excluding tert-OH is 5. The highest BCUT2D eigenvalue weighted by Crippen LogP contribution is 2.33. The van der Waals surface area contributed by atoms with Crippen molar-refractivity contribution >= 4 is 11.9 Å². The summed E-state index contributed by atoms with van der Waals surface area (Å²) in [6.07, 6.45) is -18.2. The second kappa shape index (κ2) is 9.04. The van der Waals surface area contributed by atoms with Gasteiger partial charge >= 0.3 is 11.7 Å². The molecule has 1 aromatic heterocycles. The highest BCUT2D eigenvalue weighted by molar-refractivity contribution is 5.79. The zero-order chi connectivity index (χ0) is 23.9. The third-order valence-electron chi connectivity index (χ3n) is 5.07. The standard InChI is InChI=1S/C16H21N3O13/c17-12(26)11(32-15-8(25)4(21)5(22)10(31-15)14(27)28)9-6(23)7(24)13(30-9)19-2-1-3(20)18-16(19)29/h1-2,4-11,13,15,21-25H,(H2,17,26)(H,27,28)(H,18,20,29). The molecule has 9 N–H and O–H groups in total. The molecule has 0 aliphatic carbocycles. The maximum Gasteiger partial charge on any atom is 0.335 e. The minimum absolute atomic E-state index is 0.722. The second-order valence-corrected chi connectivity index (χ2v) is 7.18. The first kappa shape index (κ1) is 24.0. The molecule has 2 saturated heterocycles. The lowest BCUT2D eigenvalue weighted by Crippen LogP contribution is -2.62. The van der Waals surface area contributed by atoms with Crippen LogP contribution >= 0.6 is 0 Å². The molecule has 0 aromatic carbocycles. The van der Waals surface area contributed by atoms with E-state index in [1.165, 1.54) is 0 Å². The van der Waals surface area contributed by atoms with Crippen LogP contribution in [0.25, 0.3) is 0 Å². The van der Waals surface area contributed by atoms with E-state index in [1.54, 1.807) is 0 Å². The summed E-state index contributed by atoms with van der Waals surface area (Å²) in [5.41, 5.74) is 3.51. The predicted molar refractivity (Wildman–Crippen MR) is 95.6 cm³/mol. The zero-order valence-corrected chi connectivity index (χ0v) is 16.0. The van der Waals surface area contributed by atoms with E-state index < -0.39 is 84.5 Å². The maximum atomic E-state index is 12.0. The fraction of sp³-hybridized carbons (Fsp3) is 0.625. The van der Waals surface area contributed by atoms with Gasteiger partial charge in [-0.2, -0.15) is 0 Å². The zero-order valence-electron chi connectivity index (χ0n) is 16.0. The van der Waals surface area contributed by atoms with Crippen molar-refractivity contribution in [1.29, 1.82) is 0 Å². The van der Waals surface area contributed by atoms with Crippen LogP contribution < -0.4 is 17.0 Å². The highest BCUT2D eigenvalue weighted by atomic mass is 16.7. The SMILES string of the molecule is NC(=O)C(OC1OC(C(=O)O)C(O)C(O)C1O)C1OC(n2ccc(=O)[nH]c2=O)C(O)C1O. The van der Waals surface area contributed by atoms with Crippen molar-refractivity contribution in [2.24, 2.45) is 5.73 Å². The van der Waals surface area contributed by atoms with Crippen molar-refractivity contribution in [3.05, 3.63) is 33.1 Å². The summed E-state index contributed by atoms with van der Waals surface area (Å²) >= 11 is 0. The van der Waals surface area contributed by atoms with E-state index in [-0.39, 0.29) is 0 Å². The molecule has 10 unspecified atom stereocenters. The van der Waals surface area contributed by atoms with E-state index in [0.717, 1.165) is 16.8 Å². The van der Waals surface area contributed by atoms with Gasteiger partial charge in [-0.3, -0.25) is 19.1 Å². The Morgan fingerprint density at radius 3 is 2.25 bits per heavy atom. The molecule has 0 bridgehead atoms. The van der Waals surface area contributed by atoms with Gasteiger partial charge < -0.3 is 50.6 Å². The molecule has 2 fully saturated rings. The topological polar surface area (TPSA) is 264 Å². The number of ether oxygens (including phenoxy) is 3. The average molecular weight is 463 g/mol.